The molecule has 1 aromatic carbocycles. The van der Waals surface area contributed by atoms with Crippen molar-refractivity contribution in [1.29, 1.82) is 0 Å². The molecular formula is C19H22F3N7O. The number of nitrogens with zero attached hydrogens (tertiary/aromatic N) is 4. The molecule has 0 atom stereocenters. The van der Waals surface area contributed by atoms with Crippen molar-refractivity contribution in [3.63, 3.8) is 0 Å². The summed E-state index contributed by atoms with van der Waals surface area (Å²) in [6, 6.07) is 4.17. The number of alkyl halides is 3. The van der Waals surface area contributed by atoms with Gasteiger partial charge >= 0.3 is 6.18 Å². The Bertz CT molecular complexity index is 1020. The van der Waals surface area contributed by atoms with E-state index in [4.69, 9.17) is 10.5 Å². The maximum Gasteiger partial charge on any atom is 0.418 e. The number of H-pyrrole nitrogens is 1. The molecule has 4 rings (SSSR count). The average molecular weight is 421 g/mol. The van der Waals surface area contributed by atoms with Crippen LogP contribution >= 0.6 is 0 Å². The summed E-state index contributed by atoms with van der Waals surface area (Å²) < 4.78 is 45.9. The van der Waals surface area contributed by atoms with Gasteiger partial charge in [0.2, 0.25) is 5.95 Å². The van der Waals surface area contributed by atoms with Crippen LogP contribution in [0.3, 0.4) is 0 Å². The Morgan fingerprint density at radius 2 is 2.00 bits per heavy atom. The predicted octanol–water partition coefficient (Wildman–Crippen LogP) is 2.29. The van der Waals surface area contributed by atoms with Crippen LogP contribution in [-0.2, 0) is 17.3 Å². The number of nitrogen functional groups attached to an aromatic ring is 1. The van der Waals surface area contributed by atoms with E-state index in [9.17, 15) is 13.2 Å². The van der Waals surface area contributed by atoms with Crippen molar-refractivity contribution >= 4 is 22.7 Å². The number of aromatic nitrogens is 4. The highest BCUT2D eigenvalue weighted by Crippen LogP contribution is 2.37. The van der Waals surface area contributed by atoms with E-state index in [1.807, 2.05) is 0 Å². The number of fused-ring (bicyclic) bond motifs is 1. The number of nitrogens with one attached hydrogen (secondary N) is 2. The van der Waals surface area contributed by atoms with E-state index >= 15 is 0 Å². The number of rotatable bonds is 6. The number of benzene rings is 1. The minimum Gasteiger partial charge on any atom is -0.398 e. The standard InChI is InChI=1S/C19H22F3N7O/c20-19(21,22)16-12(2-1-3-14(16)23)10-15-13-11-25-28-17(13)27-18(26-15)24-4-5-29-6-8-30-9-7-29/h1-3,11H,4-10,23H2,(H2,24,25,26,27,28). The van der Waals surface area contributed by atoms with E-state index in [0.717, 1.165) is 19.6 Å². The van der Waals surface area contributed by atoms with E-state index in [1.165, 1.54) is 24.4 Å². The SMILES string of the molecule is Nc1cccc(Cc2nc(NCCN3CCOCC3)nc3[nH]ncc23)c1C(F)(F)F. The number of anilines is 2. The monoisotopic (exact) mass is 421 g/mol. The van der Waals surface area contributed by atoms with E-state index in [2.05, 4.69) is 30.4 Å². The smallest absolute Gasteiger partial charge is 0.398 e. The van der Waals surface area contributed by atoms with Crippen molar-refractivity contribution in [2.45, 2.75) is 12.6 Å². The summed E-state index contributed by atoms with van der Waals surface area (Å²) in [5, 5.41) is 10.5. The van der Waals surface area contributed by atoms with Crippen LogP contribution in [0.2, 0.25) is 0 Å². The van der Waals surface area contributed by atoms with Gasteiger partial charge in [0, 0.05) is 38.3 Å². The summed E-state index contributed by atoms with van der Waals surface area (Å²) in [4.78, 5) is 11.1. The molecule has 0 unspecified atom stereocenters. The van der Waals surface area contributed by atoms with Crippen LogP contribution in [0.4, 0.5) is 24.8 Å². The topological polar surface area (TPSA) is 105 Å². The maximum atomic E-state index is 13.5. The van der Waals surface area contributed by atoms with Crippen molar-refractivity contribution < 1.29 is 17.9 Å². The first kappa shape index (κ1) is 20.4. The van der Waals surface area contributed by atoms with Gasteiger partial charge in [-0.2, -0.15) is 23.3 Å². The van der Waals surface area contributed by atoms with Gasteiger partial charge in [-0.05, 0) is 11.6 Å². The molecular weight excluding hydrogens is 399 g/mol. The highest BCUT2D eigenvalue weighted by Gasteiger charge is 2.35. The first-order valence-electron chi connectivity index (χ1n) is 9.60. The van der Waals surface area contributed by atoms with Gasteiger partial charge in [0.15, 0.2) is 5.65 Å². The Hall–Kier alpha value is -2.92. The second kappa shape index (κ2) is 8.44. The van der Waals surface area contributed by atoms with Gasteiger partial charge in [-0.25, -0.2) is 4.98 Å². The van der Waals surface area contributed by atoms with Gasteiger partial charge in [0.1, 0.15) is 0 Å². The number of ether oxygens (including phenoxy) is 1. The largest absolute Gasteiger partial charge is 0.418 e. The zero-order valence-electron chi connectivity index (χ0n) is 16.2. The minimum absolute atomic E-state index is 0.0451. The Kier molecular flexibility index (Phi) is 5.73. The van der Waals surface area contributed by atoms with Crippen LogP contribution in [-0.4, -0.2) is 64.5 Å². The third-order valence-electron chi connectivity index (χ3n) is 5.03. The van der Waals surface area contributed by atoms with Crippen molar-refractivity contribution in [3.05, 3.63) is 41.2 Å². The summed E-state index contributed by atoms with van der Waals surface area (Å²) in [5.41, 5.74) is 5.45. The van der Waals surface area contributed by atoms with Gasteiger partial charge in [0.05, 0.1) is 36.1 Å². The van der Waals surface area contributed by atoms with Crippen molar-refractivity contribution in [2.75, 3.05) is 50.4 Å². The first-order chi connectivity index (χ1) is 14.4. The Morgan fingerprint density at radius 3 is 2.77 bits per heavy atom. The molecule has 0 bridgehead atoms. The van der Waals surface area contributed by atoms with Gasteiger partial charge in [-0.1, -0.05) is 12.1 Å². The molecule has 0 saturated carbocycles. The summed E-state index contributed by atoms with van der Waals surface area (Å²) in [7, 11) is 0. The van der Waals surface area contributed by atoms with E-state index in [-0.39, 0.29) is 17.7 Å². The lowest BCUT2D eigenvalue weighted by Gasteiger charge is -2.26. The Labute approximate surface area is 170 Å². The van der Waals surface area contributed by atoms with Crippen LogP contribution in [0.1, 0.15) is 16.8 Å². The fourth-order valence-corrected chi connectivity index (χ4v) is 3.55. The molecule has 1 aliphatic heterocycles. The minimum atomic E-state index is -4.55. The van der Waals surface area contributed by atoms with E-state index in [0.29, 0.717) is 42.4 Å². The third kappa shape index (κ3) is 4.46. The second-order valence-electron chi connectivity index (χ2n) is 7.06. The summed E-state index contributed by atoms with van der Waals surface area (Å²) in [6.45, 7) is 4.54. The average Bonchev–Trinajstić information content (AvgIpc) is 3.17. The molecule has 3 heterocycles. The fourth-order valence-electron chi connectivity index (χ4n) is 3.55. The molecule has 1 aliphatic rings. The molecule has 0 radical (unpaired) electrons. The number of halogens is 3. The summed E-state index contributed by atoms with van der Waals surface area (Å²) in [5.74, 6) is 0.340. The zero-order chi connectivity index (χ0) is 21.1. The number of morpholine rings is 1. The van der Waals surface area contributed by atoms with Gasteiger partial charge < -0.3 is 15.8 Å². The van der Waals surface area contributed by atoms with Crippen LogP contribution in [0.25, 0.3) is 11.0 Å². The Morgan fingerprint density at radius 1 is 1.20 bits per heavy atom. The molecule has 4 N–H and O–H groups in total. The summed E-state index contributed by atoms with van der Waals surface area (Å²) in [6.07, 6.45) is -3.08. The van der Waals surface area contributed by atoms with E-state index < -0.39 is 11.7 Å². The highest BCUT2D eigenvalue weighted by molar-refractivity contribution is 5.78. The van der Waals surface area contributed by atoms with Gasteiger partial charge in [-0.3, -0.25) is 10.00 Å². The molecule has 160 valence electrons. The van der Waals surface area contributed by atoms with Crippen LogP contribution in [0, 0.1) is 0 Å². The molecule has 0 aliphatic carbocycles. The van der Waals surface area contributed by atoms with Crippen LogP contribution in [0.15, 0.2) is 24.4 Å². The van der Waals surface area contributed by atoms with Crippen molar-refractivity contribution in [2.24, 2.45) is 0 Å². The maximum absolute atomic E-state index is 13.5. The fraction of sp³-hybridized carbons (Fsp3) is 0.421. The normalized spacial score (nSPS) is 15.6. The Balaban J connectivity index is 1.57. The number of hydrogen-bond acceptors (Lipinski definition) is 7. The zero-order valence-corrected chi connectivity index (χ0v) is 16.2. The lowest BCUT2D eigenvalue weighted by Crippen LogP contribution is -2.39. The molecule has 11 heteroatoms. The number of aromatic amines is 1. The van der Waals surface area contributed by atoms with E-state index in [1.54, 1.807) is 0 Å². The number of nitrogens with two attached hydrogens (primary N) is 1. The van der Waals surface area contributed by atoms with Gasteiger partial charge in [-0.15, -0.1) is 0 Å². The van der Waals surface area contributed by atoms with Gasteiger partial charge in [0.25, 0.3) is 0 Å². The molecule has 1 fully saturated rings. The van der Waals surface area contributed by atoms with Crippen LogP contribution < -0.4 is 11.1 Å². The van der Waals surface area contributed by atoms with Crippen LogP contribution in [0.5, 0.6) is 0 Å². The molecule has 0 amide bonds. The second-order valence-corrected chi connectivity index (χ2v) is 7.06. The van der Waals surface area contributed by atoms with Crippen molar-refractivity contribution in [3.8, 4) is 0 Å². The summed E-state index contributed by atoms with van der Waals surface area (Å²) >= 11 is 0. The molecule has 0 spiro atoms. The molecule has 3 aromatic rings. The number of hydrogen-bond donors (Lipinski definition) is 3. The highest BCUT2D eigenvalue weighted by atomic mass is 19.4. The third-order valence-corrected chi connectivity index (χ3v) is 5.03. The molecule has 30 heavy (non-hydrogen) atoms. The first-order valence-corrected chi connectivity index (χ1v) is 9.60. The van der Waals surface area contributed by atoms with Crippen molar-refractivity contribution in [1.82, 2.24) is 25.1 Å². The molecule has 8 nitrogen and oxygen atoms in total. The lowest BCUT2D eigenvalue weighted by atomic mass is 9.99. The molecule has 1 saturated heterocycles. The lowest BCUT2D eigenvalue weighted by molar-refractivity contribution is -0.137. The predicted molar refractivity (Wildman–Crippen MR) is 106 cm³/mol. The molecule has 2 aromatic heterocycles. The quantitative estimate of drug-likeness (QED) is 0.525.